The number of carbonyl (C=O) groups is 1. The van der Waals surface area contributed by atoms with Crippen LogP contribution in [-0.2, 0) is 14.8 Å². The van der Waals surface area contributed by atoms with Gasteiger partial charge in [0.15, 0.2) is 0 Å². The van der Waals surface area contributed by atoms with Crippen molar-refractivity contribution in [2.24, 2.45) is 0 Å². The number of hydrogen-bond acceptors (Lipinski definition) is 6. The number of rotatable bonds is 7. The van der Waals surface area contributed by atoms with Gasteiger partial charge in [0, 0.05) is 44.5 Å². The SMILES string of the molecule is O=C(CCNS(=O)(=O)c1ccccc1)NC1CCN(c2ncccn2)CC1. The molecule has 0 saturated carbocycles. The Balaban J connectivity index is 1.39. The summed E-state index contributed by atoms with van der Waals surface area (Å²) in [6.45, 7) is 1.62. The Kier molecular flexibility index (Phi) is 6.36. The number of benzene rings is 1. The maximum Gasteiger partial charge on any atom is 0.240 e. The summed E-state index contributed by atoms with van der Waals surface area (Å²) in [4.78, 5) is 22.9. The molecule has 8 nitrogen and oxygen atoms in total. The quantitative estimate of drug-likeness (QED) is 0.730. The van der Waals surface area contributed by atoms with Crippen molar-refractivity contribution in [1.29, 1.82) is 0 Å². The smallest absolute Gasteiger partial charge is 0.240 e. The van der Waals surface area contributed by atoms with Crippen molar-refractivity contribution < 1.29 is 13.2 Å². The van der Waals surface area contributed by atoms with Crippen molar-refractivity contribution in [1.82, 2.24) is 20.0 Å². The molecule has 2 N–H and O–H groups in total. The minimum atomic E-state index is -3.58. The number of sulfonamides is 1. The second-order valence-electron chi connectivity index (χ2n) is 6.34. The Hall–Kier alpha value is -2.52. The first-order chi connectivity index (χ1) is 13.0. The lowest BCUT2D eigenvalue weighted by Crippen LogP contribution is -2.45. The summed E-state index contributed by atoms with van der Waals surface area (Å²) in [7, 11) is -3.58. The van der Waals surface area contributed by atoms with Gasteiger partial charge in [-0.25, -0.2) is 23.1 Å². The predicted molar refractivity (Wildman–Crippen MR) is 102 cm³/mol. The maximum absolute atomic E-state index is 12.1. The van der Waals surface area contributed by atoms with Crippen LogP contribution in [0.4, 0.5) is 5.95 Å². The first-order valence-corrected chi connectivity index (χ1v) is 10.4. The van der Waals surface area contributed by atoms with Gasteiger partial charge in [0.25, 0.3) is 0 Å². The van der Waals surface area contributed by atoms with Crippen molar-refractivity contribution in [3.8, 4) is 0 Å². The van der Waals surface area contributed by atoms with Gasteiger partial charge in [-0.15, -0.1) is 0 Å². The van der Waals surface area contributed by atoms with E-state index in [0.717, 1.165) is 25.9 Å². The standard InChI is InChI=1S/C18H23N5O3S/c24-17(7-12-21-27(25,26)16-5-2-1-3-6-16)22-15-8-13-23(14-9-15)18-19-10-4-11-20-18/h1-6,10-11,15,21H,7-9,12-14H2,(H,22,24). The molecule has 9 heteroatoms. The van der Waals surface area contributed by atoms with Crippen LogP contribution in [0.2, 0.25) is 0 Å². The molecular weight excluding hydrogens is 366 g/mol. The summed E-state index contributed by atoms with van der Waals surface area (Å²) < 4.78 is 26.7. The van der Waals surface area contributed by atoms with E-state index in [4.69, 9.17) is 0 Å². The third-order valence-electron chi connectivity index (χ3n) is 4.39. The molecule has 2 heterocycles. The highest BCUT2D eigenvalue weighted by Gasteiger charge is 2.22. The van der Waals surface area contributed by atoms with Crippen LogP contribution < -0.4 is 14.9 Å². The molecule has 0 atom stereocenters. The number of aromatic nitrogens is 2. The molecule has 27 heavy (non-hydrogen) atoms. The van der Waals surface area contributed by atoms with Crippen LogP contribution in [0.3, 0.4) is 0 Å². The second kappa shape index (κ2) is 8.92. The first kappa shape index (κ1) is 19.2. The van der Waals surface area contributed by atoms with E-state index in [1.807, 2.05) is 0 Å². The zero-order chi connectivity index (χ0) is 19.1. The van der Waals surface area contributed by atoms with E-state index in [1.165, 1.54) is 12.1 Å². The summed E-state index contributed by atoms with van der Waals surface area (Å²) in [6, 6.07) is 9.98. The molecule has 1 amide bonds. The lowest BCUT2D eigenvalue weighted by Gasteiger charge is -2.32. The topological polar surface area (TPSA) is 104 Å². The van der Waals surface area contributed by atoms with Gasteiger partial charge >= 0.3 is 0 Å². The Morgan fingerprint density at radius 1 is 1.07 bits per heavy atom. The van der Waals surface area contributed by atoms with E-state index < -0.39 is 10.0 Å². The van der Waals surface area contributed by atoms with Crippen LogP contribution in [0.15, 0.2) is 53.7 Å². The average molecular weight is 389 g/mol. The van der Waals surface area contributed by atoms with Crippen LogP contribution >= 0.6 is 0 Å². The van der Waals surface area contributed by atoms with Crippen molar-refractivity contribution in [2.45, 2.75) is 30.2 Å². The number of carbonyl (C=O) groups excluding carboxylic acids is 1. The summed E-state index contributed by atoms with van der Waals surface area (Å²) in [5.41, 5.74) is 0. The molecule has 144 valence electrons. The highest BCUT2D eigenvalue weighted by Crippen LogP contribution is 2.15. The highest BCUT2D eigenvalue weighted by atomic mass is 32.2. The Labute approximate surface area is 159 Å². The van der Waals surface area contributed by atoms with Gasteiger partial charge in [-0.2, -0.15) is 0 Å². The number of nitrogens with one attached hydrogen (secondary N) is 2. The summed E-state index contributed by atoms with van der Waals surface area (Å²) in [6.07, 6.45) is 5.15. The van der Waals surface area contributed by atoms with Crippen molar-refractivity contribution in [3.05, 3.63) is 48.8 Å². The molecule has 0 bridgehead atoms. The van der Waals surface area contributed by atoms with Gasteiger partial charge in [0.1, 0.15) is 0 Å². The van der Waals surface area contributed by atoms with Gasteiger partial charge in [-0.1, -0.05) is 18.2 Å². The maximum atomic E-state index is 12.1. The second-order valence-corrected chi connectivity index (χ2v) is 8.11. The summed E-state index contributed by atoms with van der Waals surface area (Å²) in [5.74, 6) is 0.553. The number of piperidine rings is 1. The molecule has 0 unspecified atom stereocenters. The molecule has 2 aromatic rings. The fourth-order valence-electron chi connectivity index (χ4n) is 2.96. The van der Waals surface area contributed by atoms with E-state index in [9.17, 15) is 13.2 Å². The van der Waals surface area contributed by atoms with Gasteiger partial charge in [-0.05, 0) is 31.0 Å². The zero-order valence-electron chi connectivity index (χ0n) is 14.9. The average Bonchev–Trinajstić information content (AvgIpc) is 2.70. The molecule has 1 aromatic heterocycles. The third-order valence-corrected chi connectivity index (χ3v) is 5.87. The minimum absolute atomic E-state index is 0.0692. The summed E-state index contributed by atoms with van der Waals surface area (Å²) in [5, 5.41) is 2.98. The molecule has 1 fully saturated rings. The summed E-state index contributed by atoms with van der Waals surface area (Å²) >= 11 is 0. The fraction of sp³-hybridized carbons (Fsp3) is 0.389. The molecule has 0 aliphatic carbocycles. The van der Waals surface area contributed by atoms with Crippen LogP contribution in [0, 0.1) is 0 Å². The van der Waals surface area contributed by atoms with Crippen LogP contribution in [0.25, 0.3) is 0 Å². The van der Waals surface area contributed by atoms with Gasteiger partial charge in [0.05, 0.1) is 4.90 Å². The van der Waals surface area contributed by atoms with Gasteiger partial charge in [-0.3, -0.25) is 4.79 Å². The number of amides is 1. The van der Waals surface area contributed by atoms with Crippen LogP contribution in [-0.4, -0.2) is 50.0 Å². The number of nitrogens with zero attached hydrogens (tertiary/aromatic N) is 3. The number of hydrogen-bond donors (Lipinski definition) is 2. The molecule has 0 spiro atoms. The predicted octanol–water partition coefficient (Wildman–Crippen LogP) is 0.930. The van der Waals surface area contributed by atoms with Gasteiger partial charge in [0.2, 0.25) is 21.9 Å². The number of anilines is 1. The molecule has 1 aliphatic heterocycles. The van der Waals surface area contributed by atoms with Crippen molar-refractivity contribution in [2.75, 3.05) is 24.5 Å². The van der Waals surface area contributed by atoms with Crippen molar-refractivity contribution in [3.63, 3.8) is 0 Å². The molecule has 1 aromatic carbocycles. The molecule has 0 radical (unpaired) electrons. The lowest BCUT2D eigenvalue weighted by atomic mass is 10.1. The third kappa shape index (κ3) is 5.48. The fourth-order valence-corrected chi connectivity index (χ4v) is 4.01. The molecule has 1 saturated heterocycles. The molecule has 1 aliphatic rings. The Bertz CT molecular complexity index is 838. The Morgan fingerprint density at radius 2 is 1.74 bits per heavy atom. The lowest BCUT2D eigenvalue weighted by molar-refractivity contribution is -0.121. The normalized spacial score (nSPS) is 15.5. The first-order valence-electron chi connectivity index (χ1n) is 8.91. The van der Waals surface area contributed by atoms with Crippen LogP contribution in [0.5, 0.6) is 0 Å². The monoisotopic (exact) mass is 389 g/mol. The van der Waals surface area contributed by atoms with Gasteiger partial charge < -0.3 is 10.2 Å². The van der Waals surface area contributed by atoms with Crippen LogP contribution in [0.1, 0.15) is 19.3 Å². The van der Waals surface area contributed by atoms with E-state index in [2.05, 4.69) is 24.9 Å². The Morgan fingerprint density at radius 3 is 2.41 bits per heavy atom. The molecular formula is C18H23N5O3S. The van der Waals surface area contributed by atoms with Crippen molar-refractivity contribution >= 4 is 21.9 Å². The van der Waals surface area contributed by atoms with E-state index in [0.29, 0.717) is 5.95 Å². The minimum Gasteiger partial charge on any atom is -0.353 e. The molecule has 3 rings (SSSR count). The zero-order valence-corrected chi connectivity index (χ0v) is 15.7. The van der Waals surface area contributed by atoms with E-state index >= 15 is 0 Å². The van der Waals surface area contributed by atoms with E-state index in [1.54, 1.807) is 36.7 Å². The van der Waals surface area contributed by atoms with E-state index in [-0.39, 0.29) is 29.8 Å². The highest BCUT2D eigenvalue weighted by molar-refractivity contribution is 7.89. The largest absolute Gasteiger partial charge is 0.353 e.